The number of nitrogens with zero attached hydrogens (tertiary/aromatic N) is 2. The average molecular weight is 454 g/mol. The van der Waals surface area contributed by atoms with Gasteiger partial charge in [0.05, 0.1) is 13.2 Å². The monoisotopic (exact) mass is 454 g/mol. The van der Waals surface area contributed by atoms with Gasteiger partial charge in [0.2, 0.25) is 0 Å². The van der Waals surface area contributed by atoms with Crippen LogP contribution in [0.2, 0.25) is 0 Å². The summed E-state index contributed by atoms with van der Waals surface area (Å²) in [5, 5.41) is 6.57. The van der Waals surface area contributed by atoms with Crippen LogP contribution in [0.15, 0.2) is 47.7 Å². The molecule has 6 nitrogen and oxygen atoms in total. The number of pyridine rings is 1. The van der Waals surface area contributed by atoms with Crippen LogP contribution in [0.1, 0.15) is 12.0 Å². The van der Waals surface area contributed by atoms with Gasteiger partial charge in [-0.05, 0) is 30.2 Å². The lowest BCUT2D eigenvalue weighted by Gasteiger charge is -2.14. The van der Waals surface area contributed by atoms with Crippen molar-refractivity contribution >= 4 is 35.6 Å². The molecule has 0 saturated heterocycles. The number of guanidine groups is 1. The van der Waals surface area contributed by atoms with Gasteiger partial charge in [-0.2, -0.15) is 0 Å². The van der Waals surface area contributed by atoms with Gasteiger partial charge in [0.15, 0.2) is 17.5 Å². The number of halogens is 1. The summed E-state index contributed by atoms with van der Waals surface area (Å²) in [7, 11) is 1.75. The molecule has 0 spiro atoms. The molecule has 1 aromatic carbocycles. The Morgan fingerprint density at radius 3 is 2.80 bits per heavy atom. The number of rotatable bonds is 4. The number of nitrogens with one attached hydrogen (secondary N) is 2. The van der Waals surface area contributed by atoms with E-state index in [0.717, 1.165) is 36.6 Å². The summed E-state index contributed by atoms with van der Waals surface area (Å²) < 4.78 is 11.4. The highest BCUT2D eigenvalue weighted by Crippen LogP contribution is 2.32. The number of hydrogen-bond donors (Lipinski definition) is 2. The molecule has 1 aliphatic rings. The Morgan fingerprint density at radius 1 is 1.20 bits per heavy atom. The van der Waals surface area contributed by atoms with Crippen LogP contribution in [0.5, 0.6) is 11.5 Å². The normalized spacial score (nSPS) is 13.4. The zero-order valence-corrected chi connectivity index (χ0v) is 16.5. The second kappa shape index (κ2) is 10.1. The van der Waals surface area contributed by atoms with Gasteiger partial charge >= 0.3 is 0 Å². The number of benzene rings is 1. The molecular formula is C18H23IN4O2. The smallest absolute Gasteiger partial charge is 0.195 e. The molecule has 0 radical (unpaired) electrons. The zero-order valence-electron chi connectivity index (χ0n) is 14.2. The minimum absolute atomic E-state index is 0. The van der Waals surface area contributed by atoms with Gasteiger partial charge in [-0.3, -0.25) is 9.98 Å². The first kappa shape index (κ1) is 19.3. The minimum atomic E-state index is 0. The van der Waals surface area contributed by atoms with Gasteiger partial charge in [-0.1, -0.05) is 6.07 Å². The molecule has 0 atom stereocenters. The number of hydrogen-bond acceptors (Lipinski definition) is 4. The van der Waals surface area contributed by atoms with Crippen molar-refractivity contribution in [2.24, 2.45) is 4.99 Å². The summed E-state index contributed by atoms with van der Waals surface area (Å²) in [6, 6.07) is 9.83. The first-order valence-corrected chi connectivity index (χ1v) is 8.11. The van der Waals surface area contributed by atoms with Crippen molar-refractivity contribution in [2.45, 2.75) is 12.8 Å². The molecule has 0 amide bonds. The van der Waals surface area contributed by atoms with Crippen LogP contribution in [0.25, 0.3) is 0 Å². The number of anilines is 1. The van der Waals surface area contributed by atoms with Crippen molar-refractivity contribution in [1.82, 2.24) is 10.3 Å². The highest BCUT2D eigenvalue weighted by atomic mass is 127. The highest BCUT2D eigenvalue weighted by Gasteiger charge is 2.11. The van der Waals surface area contributed by atoms with Crippen molar-refractivity contribution < 1.29 is 9.47 Å². The van der Waals surface area contributed by atoms with Gasteiger partial charge in [-0.15, -0.1) is 24.0 Å². The van der Waals surface area contributed by atoms with E-state index in [1.54, 1.807) is 13.2 Å². The van der Waals surface area contributed by atoms with E-state index in [0.29, 0.717) is 19.2 Å². The average Bonchev–Trinajstić information content (AvgIpc) is 2.86. The SMILES string of the molecule is CN=C(NCCc1cccnc1)Nc1ccc2c(c1)OCCCO2.I. The van der Waals surface area contributed by atoms with E-state index in [9.17, 15) is 0 Å². The lowest BCUT2D eigenvalue weighted by atomic mass is 10.2. The maximum absolute atomic E-state index is 5.71. The number of ether oxygens (including phenoxy) is 2. The molecule has 134 valence electrons. The van der Waals surface area contributed by atoms with E-state index in [1.165, 1.54) is 5.56 Å². The maximum atomic E-state index is 5.71. The molecule has 2 aromatic rings. The molecule has 25 heavy (non-hydrogen) atoms. The molecule has 1 aliphatic heterocycles. The Labute approximate surface area is 165 Å². The lowest BCUT2D eigenvalue weighted by molar-refractivity contribution is 0.297. The third kappa shape index (κ3) is 5.77. The largest absolute Gasteiger partial charge is 0.490 e. The molecule has 0 unspecified atom stereocenters. The third-order valence-electron chi connectivity index (χ3n) is 3.66. The molecular weight excluding hydrogens is 431 g/mol. The van der Waals surface area contributed by atoms with Gasteiger partial charge in [0.25, 0.3) is 0 Å². The maximum Gasteiger partial charge on any atom is 0.195 e. The quantitative estimate of drug-likeness (QED) is 0.422. The van der Waals surface area contributed by atoms with E-state index < -0.39 is 0 Å². The number of fused-ring (bicyclic) bond motifs is 1. The fourth-order valence-electron chi connectivity index (χ4n) is 2.43. The van der Waals surface area contributed by atoms with Crippen molar-refractivity contribution in [3.05, 3.63) is 48.3 Å². The molecule has 2 N–H and O–H groups in total. The van der Waals surface area contributed by atoms with Crippen LogP contribution in [-0.2, 0) is 6.42 Å². The summed E-state index contributed by atoms with van der Waals surface area (Å²) >= 11 is 0. The van der Waals surface area contributed by atoms with E-state index in [1.807, 2.05) is 30.5 Å². The molecule has 0 saturated carbocycles. The molecule has 0 bridgehead atoms. The molecule has 1 aromatic heterocycles. The molecule has 2 heterocycles. The Bertz CT molecular complexity index is 695. The van der Waals surface area contributed by atoms with E-state index in [2.05, 4.69) is 26.7 Å². The fourth-order valence-corrected chi connectivity index (χ4v) is 2.43. The minimum Gasteiger partial charge on any atom is -0.490 e. The van der Waals surface area contributed by atoms with E-state index >= 15 is 0 Å². The second-order valence-corrected chi connectivity index (χ2v) is 5.45. The fraction of sp³-hybridized carbons (Fsp3) is 0.333. The Hall–Kier alpha value is -2.03. The zero-order chi connectivity index (χ0) is 16.6. The first-order chi connectivity index (χ1) is 11.8. The second-order valence-electron chi connectivity index (χ2n) is 5.45. The summed E-state index contributed by atoms with van der Waals surface area (Å²) in [4.78, 5) is 8.37. The van der Waals surface area contributed by atoms with Crippen LogP contribution >= 0.6 is 24.0 Å². The Balaban J connectivity index is 0.00000225. The van der Waals surface area contributed by atoms with Gasteiger partial charge in [-0.25, -0.2) is 0 Å². The van der Waals surface area contributed by atoms with Crippen molar-refractivity contribution in [2.75, 3.05) is 32.1 Å². The molecule has 7 heteroatoms. The number of aliphatic imine (C=N–C) groups is 1. The Kier molecular flexibility index (Phi) is 7.77. The summed E-state index contributed by atoms with van der Waals surface area (Å²) in [6.07, 6.45) is 5.44. The number of aromatic nitrogens is 1. The lowest BCUT2D eigenvalue weighted by Crippen LogP contribution is -2.32. The summed E-state index contributed by atoms with van der Waals surface area (Å²) in [5.41, 5.74) is 2.10. The van der Waals surface area contributed by atoms with Crippen LogP contribution in [0.4, 0.5) is 5.69 Å². The summed E-state index contributed by atoms with van der Waals surface area (Å²) in [5.74, 6) is 2.27. The molecule has 3 rings (SSSR count). The van der Waals surface area contributed by atoms with Crippen LogP contribution < -0.4 is 20.1 Å². The van der Waals surface area contributed by atoms with E-state index in [4.69, 9.17) is 9.47 Å². The van der Waals surface area contributed by atoms with Gasteiger partial charge in [0.1, 0.15) is 0 Å². The van der Waals surface area contributed by atoms with Crippen LogP contribution in [0.3, 0.4) is 0 Å². The van der Waals surface area contributed by atoms with Crippen molar-refractivity contribution in [1.29, 1.82) is 0 Å². The molecule has 0 aliphatic carbocycles. The Morgan fingerprint density at radius 2 is 2.04 bits per heavy atom. The summed E-state index contributed by atoms with van der Waals surface area (Å²) in [6.45, 7) is 2.14. The standard InChI is InChI=1S/C18H22N4O2.HI/c1-19-18(21-9-7-14-4-2-8-20-13-14)22-15-5-6-16-17(12-15)24-11-3-10-23-16;/h2,4-6,8,12-13H,3,7,9-11H2,1H3,(H2,19,21,22);1H. The van der Waals surface area contributed by atoms with Gasteiger partial charge in [0, 0.05) is 44.2 Å². The predicted molar refractivity (Wildman–Crippen MR) is 110 cm³/mol. The highest BCUT2D eigenvalue weighted by molar-refractivity contribution is 14.0. The van der Waals surface area contributed by atoms with Crippen LogP contribution in [-0.4, -0.2) is 37.7 Å². The topological polar surface area (TPSA) is 67.8 Å². The van der Waals surface area contributed by atoms with Gasteiger partial charge < -0.3 is 20.1 Å². The third-order valence-corrected chi connectivity index (χ3v) is 3.66. The van der Waals surface area contributed by atoms with Crippen molar-refractivity contribution in [3.63, 3.8) is 0 Å². The van der Waals surface area contributed by atoms with E-state index in [-0.39, 0.29) is 24.0 Å². The first-order valence-electron chi connectivity index (χ1n) is 8.11. The van der Waals surface area contributed by atoms with Crippen molar-refractivity contribution in [3.8, 4) is 11.5 Å². The van der Waals surface area contributed by atoms with Crippen LogP contribution in [0, 0.1) is 0 Å². The molecule has 0 fully saturated rings. The predicted octanol–water partition coefficient (Wildman–Crippen LogP) is 3.09.